The number of carbonyl (C=O) groups excluding carboxylic acids is 1. The summed E-state index contributed by atoms with van der Waals surface area (Å²) in [6, 6.07) is 3.32. The first-order valence-corrected chi connectivity index (χ1v) is 13.2. The SMILES string of the molecule is CC(C(=O)N1CCCCCC1)N1CCN(c2ccc(S(=O)(=O)N3CCOCC3)cn2)CC1. The first-order chi connectivity index (χ1) is 15.5. The van der Waals surface area contributed by atoms with Crippen molar-refractivity contribution in [3.05, 3.63) is 18.3 Å². The lowest BCUT2D eigenvalue weighted by Crippen LogP contribution is -2.54. The molecule has 0 spiro atoms. The molecule has 3 aliphatic rings. The number of nitrogens with zero attached hydrogens (tertiary/aromatic N) is 5. The monoisotopic (exact) mass is 465 g/mol. The van der Waals surface area contributed by atoms with Crippen LogP contribution in [0.3, 0.4) is 0 Å². The van der Waals surface area contributed by atoms with Crippen LogP contribution < -0.4 is 4.90 Å². The number of hydrogen-bond acceptors (Lipinski definition) is 7. The van der Waals surface area contributed by atoms with Crippen molar-refractivity contribution in [1.82, 2.24) is 19.1 Å². The first kappa shape index (κ1) is 23.4. The maximum absolute atomic E-state index is 13.0. The number of morpholine rings is 1. The van der Waals surface area contributed by atoms with Gasteiger partial charge >= 0.3 is 0 Å². The summed E-state index contributed by atoms with van der Waals surface area (Å²) in [5.74, 6) is 1.02. The third kappa shape index (κ3) is 5.24. The summed E-state index contributed by atoms with van der Waals surface area (Å²) < 4.78 is 32.3. The second kappa shape index (κ2) is 10.5. The molecule has 0 N–H and O–H groups in total. The maximum atomic E-state index is 13.0. The fraction of sp³-hybridized carbons (Fsp3) is 0.727. The average molecular weight is 466 g/mol. The minimum Gasteiger partial charge on any atom is -0.379 e. The third-order valence-corrected chi connectivity index (χ3v) is 8.67. The number of piperazine rings is 1. The summed E-state index contributed by atoms with van der Waals surface area (Å²) in [4.78, 5) is 24.1. The fourth-order valence-electron chi connectivity index (χ4n) is 4.70. The van der Waals surface area contributed by atoms with Crippen molar-refractivity contribution >= 4 is 21.7 Å². The molecule has 3 aliphatic heterocycles. The van der Waals surface area contributed by atoms with Crippen LogP contribution in [0.5, 0.6) is 0 Å². The van der Waals surface area contributed by atoms with Gasteiger partial charge in [0.05, 0.1) is 19.3 Å². The number of rotatable bonds is 5. The number of aromatic nitrogens is 1. The molecule has 1 aromatic rings. The zero-order chi connectivity index (χ0) is 22.6. The van der Waals surface area contributed by atoms with Crippen molar-refractivity contribution in [3.8, 4) is 0 Å². The Balaban J connectivity index is 1.32. The Morgan fingerprint density at radius 2 is 1.59 bits per heavy atom. The van der Waals surface area contributed by atoms with Crippen LogP contribution in [-0.4, -0.2) is 105 Å². The standard InChI is InChI=1S/C22H35N5O4S/c1-19(22(28)26-8-4-2-3-5-9-26)24-10-12-25(13-11-24)21-7-6-20(18-23-21)32(29,30)27-14-16-31-17-15-27/h6-7,18-19H,2-5,8-17H2,1H3. The number of amides is 1. The summed E-state index contributed by atoms with van der Waals surface area (Å²) >= 11 is 0. The summed E-state index contributed by atoms with van der Waals surface area (Å²) in [5.41, 5.74) is 0. The van der Waals surface area contributed by atoms with E-state index in [0.717, 1.165) is 57.9 Å². The molecule has 3 fully saturated rings. The number of pyridine rings is 1. The topological polar surface area (TPSA) is 86.3 Å². The number of hydrogen-bond donors (Lipinski definition) is 0. The van der Waals surface area contributed by atoms with E-state index in [-0.39, 0.29) is 16.8 Å². The van der Waals surface area contributed by atoms with Crippen LogP contribution in [0.15, 0.2) is 23.2 Å². The van der Waals surface area contributed by atoms with Gasteiger partial charge in [0.1, 0.15) is 10.7 Å². The lowest BCUT2D eigenvalue weighted by Gasteiger charge is -2.39. The molecule has 0 bridgehead atoms. The number of carbonyl (C=O) groups is 1. The quantitative estimate of drug-likeness (QED) is 0.642. The van der Waals surface area contributed by atoms with Crippen LogP contribution in [0.4, 0.5) is 5.82 Å². The highest BCUT2D eigenvalue weighted by atomic mass is 32.2. The second-order valence-corrected chi connectivity index (χ2v) is 10.7. The number of ether oxygens (including phenoxy) is 1. The zero-order valence-corrected chi connectivity index (χ0v) is 19.8. The average Bonchev–Trinajstić information content (AvgIpc) is 3.13. The summed E-state index contributed by atoms with van der Waals surface area (Å²) in [6.07, 6.45) is 6.11. The second-order valence-electron chi connectivity index (χ2n) is 8.81. The molecule has 4 heterocycles. The van der Waals surface area contributed by atoms with E-state index in [9.17, 15) is 13.2 Å². The molecule has 1 unspecified atom stereocenters. The lowest BCUT2D eigenvalue weighted by atomic mass is 10.2. The Bertz CT molecular complexity index is 857. The molecule has 10 heteroatoms. The van der Waals surface area contributed by atoms with Crippen LogP contribution in [0.1, 0.15) is 32.6 Å². The van der Waals surface area contributed by atoms with Gasteiger partial charge in [0.25, 0.3) is 0 Å². The minimum atomic E-state index is -3.53. The van der Waals surface area contributed by atoms with Crippen molar-refractivity contribution in [3.63, 3.8) is 0 Å². The van der Waals surface area contributed by atoms with Gasteiger partial charge in [-0.3, -0.25) is 9.69 Å². The smallest absolute Gasteiger partial charge is 0.244 e. The Morgan fingerprint density at radius 1 is 0.938 bits per heavy atom. The highest BCUT2D eigenvalue weighted by Gasteiger charge is 2.30. The van der Waals surface area contributed by atoms with Crippen molar-refractivity contribution in [2.45, 2.75) is 43.5 Å². The van der Waals surface area contributed by atoms with Gasteiger partial charge in [-0.2, -0.15) is 4.31 Å². The molecule has 1 aromatic heterocycles. The van der Waals surface area contributed by atoms with Crippen molar-refractivity contribution in [2.24, 2.45) is 0 Å². The number of anilines is 1. The maximum Gasteiger partial charge on any atom is 0.244 e. The molecular formula is C22H35N5O4S. The first-order valence-electron chi connectivity index (χ1n) is 11.8. The van der Waals surface area contributed by atoms with Gasteiger partial charge in [0.15, 0.2) is 0 Å². The van der Waals surface area contributed by atoms with E-state index >= 15 is 0 Å². The highest BCUT2D eigenvalue weighted by Crippen LogP contribution is 2.21. The normalized spacial score (nSPS) is 23.0. The molecule has 0 saturated carbocycles. The van der Waals surface area contributed by atoms with Gasteiger partial charge in [0, 0.05) is 58.6 Å². The van der Waals surface area contributed by atoms with Gasteiger partial charge in [-0.05, 0) is 31.9 Å². The molecule has 4 rings (SSSR count). The van der Waals surface area contributed by atoms with E-state index < -0.39 is 10.0 Å². The van der Waals surface area contributed by atoms with Crippen LogP contribution in [0, 0.1) is 0 Å². The van der Waals surface area contributed by atoms with Crippen molar-refractivity contribution in [1.29, 1.82) is 0 Å². The van der Waals surface area contributed by atoms with E-state index in [2.05, 4.69) is 14.8 Å². The van der Waals surface area contributed by atoms with E-state index in [1.54, 1.807) is 12.1 Å². The van der Waals surface area contributed by atoms with E-state index in [1.165, 1.54) is 23.3 Å². The molecule has 1 atom stereocenters. The number of likely N-dealkylation sites (tertiary alicyclic amines) is 1. The summed E-state index contributed by atoms with van der Waals surface area (Å²) in [6.45, 7) is 8.49. The highest BCUT2D eigenvalue weighted by molar-refractivity contribution is 7.89. The van der Waals surface area contributed by atoms with E-state index in [1.807, 2.05) is 11.8 Å². The summed E-state index contributed by atoms with van der Waals surface area (Å²) in [5, 5.41) is 0. The minimum absolute atomic E-state index is 0.107. The van der Waals surface area contributed by atoms with Gasteiger partial charge in [0.2, 0.25) is 15.9 Å². The molecule has 9 nitrogen and oxygen atoms in total. The van der Waals surface area contributed by atoms with Gasteiger partial charge in [-0.1, -0.05) is 12.8 Å². The Hall–Kier alpha value is -1.75. The summed E-state index contributed by atoms with van der Waals surface area (Å²) in [7, 11) is -3.53. The molecule has 178 valence electrons. The molecule has 1 amide bonds. The van der Waals surface area contributed by atoms with Crippen LogP contribution in [-0.2, 0) is 19.6 Å². The lowest BCUT2D eigenvalue weighted by molar-refractivity contribution is -0.136. The number of sulfonamides is 1. The van der Waals surface area contributed by atoms with E-state index in [4.69, 9.17) is 4.74 Å². The predicted molar refractivity (Wildman–Crippen MR) is 122 cm³/mol. The molecule has 0 radical (unpaired) electrons. The van der Waals surface area contributed by atoms with Crippen LogP contribution in [0.25, 0.3) is 0 Å². The third-order valence-electron chi connectivity index (χ3n) is 6.79. The largest absolute Gasteiger partial charge is 0.379 e. The predicted octanol–water partition coefficient (Wildman–Crippen LogP) is 1.02. The molecule has 0 aliphatic carbocycles. The fourth-order valence-corrected chi connectivity index (χ4v) is 6.05. The van der Waals surface area contributed by atoms with Gasteiger partial charge in [-0.25, -0.2) is 13.4 Å². The van der Waals surface area contributed by atoms with Crippen molar-refractivity contribution < 1.29 is 17.9 Å². The Morgan fingerprint density at radius 3 is 2.19 bits per heavy atom. The van der Waals surface area contributed by atoms with Crippen LogP contribution in [0.2, 0.25) is 0 Å². The molecule has 3 saturated heterocycles. The molecule has 32 heavy (non-hydrogen) atoms. The van der Waals surface area contributed by atoms with Crippen molar-refractivity contribution in [2.75, 3.05) is 70.5 Å². The van der Waals surface area contributed by atoms with Crippen LogP contribution >= 0.6 is 0 Å². The molecule has 0 aromatic carbocycles. The van der Waals surface area contributed by atoms with Gasteiger partial charge in [-0.15, -0.1) is 0 Å². The Kier molecular flexibility index (Phi) is 7.65. The Labute approximate surface area is 191 Å². The molecular weight excluding hydrogens is 430 g/mol. The van der Waals surface area contributed by atoms with Gasteiger partial charge < -0.3 is 14.5 Å². The van der Waals surface area contributed by atoms with E-state index in [0.29, 0.717) is 26.3 Å². The zero-order valence-electron chi connectivity index (χ0n) is 19.0.